The third kappa shape index (κ3) is 2.03. The van der Waals surface area contributed by atoms with Gasteiger partial charge >= 0.3 is 6.01 Å². The maximum atomic E-state index is 5.94. The van der Waals surface area contributed by atoms with Gasteiger partial charge in [-0.15, -0.1) is 0 Å². The second kappa shape index (κ2) is 4.45. The van der Waals surface area contributed by atoms with Crippen molar-refractivity contribution >= 4 is 17.5 Å². The molecule has 1 N–H and O–H groups in total. The first kappa shape index (κ1) is 12.9. The summed E-state index contributed by atoms with van der Waals surface area (Å²) in [4.78, 5) is 14.7. The van der Waals surface area contributed by atoms with Crippen LogP contribution in [0, 0.1) is 11.8 Å². The number of nitrogens with one attached hydrogen (secondary N) is 1. The van der Waals surface area contributed by atoms with Crippen LogP contribution in [0.2, 0.25) is 5.28 Å². The second-order valence-corrected chi connectivity index (χ2v) is 6.02. The summed E-state index contributed by atoms with van der Waals surface area (Å²) in [6, 6.07) is 0.265. The standard InChI is InChI=1S/C12H18ClN5O/c1-12(2)8-5-14-4-7(8)6-18(12)10-15-9(13)16-11(17-10)19-3/h7-8,14H,4-6H2,1-3H3. The third-order valence-corrected chi connectivity index (χ3v) is 4.53. The highest BCUT2D eigenvalue weighted by molar-refractivity contribution is 6.28. The molecule has 2 aliphatic heterocycles. The number of hydrogen-bond donors (Lipinski definition) is 1. The summed E-state index contributed by atoms with van der Waals surface area (Å²) in [6.07, 6.45) is 0. The Morgan fingerprint density at radius 2 is 2.11 bits per heavy atom. The lowest BCUT2D eigenvalue weighted by atomic mass is 9.85. The molecule has 0 amide bonds. The van der Waals surface area contributed by atoms with Gasteiger partial charge in [-0.3, -0.25) is 0 Å². The summed E-state index contributed by atoms with van der Waals surface area (Å²) in [7, 11) is 1.53. The predicted molar refractivity (Wildman–Crippen MR) is 72.7 cm³/mol. The van der Waals surface area contributed by atoms with Gasteiger partial charge in [0.2, 0.25) is 11.2 Å². The van der Waals surface area contributed by atoms with Crippen molar-refractivity contribution in [3.05, 3.63) is 5.28 Å². The van der Waals surface area contributed by atoms with Gasteiger partial charge in [-0.05, 0) is 37.3 Å². The molecule has 2 fully saturated rings. The van der Waals surface area contributed by atoms with E-state index in [9.17, 15) is 0 Å². The fourth-order valence-electron chi connectivity index (χ4n) is 3.29. The van der Waals surface area contributed by atoms with Crippen LogP contribution in [-0.2, 0) is 0 Å². The average molecular weight is 284 g/mol. The zero-order valence-electron chi connectivity index (χ0n) is 11.4. The van der Waals surface area contributed by atoms with Crippen LogP contribution in [-0.4, -0.2) is 47.2 Å². The molecule has 2 aliphatic rings. The molecule has 0 bridgehead atoms. The number of ether oxygens (including phenoxy) is 1. The predicted octanol–water partition coefficient (Wildman–Crippen LogP) is 0.968. The second-order valence-electron chi connectivity index (χ2n) is 5.68. The van der Waals surface area contributed by atoms with Crippen molar-refractivity contribution in [2.75, 3.05) is 31.6 Å². The summed E-state index contributed by atoms with van der Waals surface area (Å²) >= 11 is 5.94. The van der Waals surface area contributed by atoms with E-state index in [1.165, 1.54) is 7.11 Å². The minimum absolute atomic E-state index is 0.00383. The molecule has 1 aromatic heterocycles. The summed E-state index contributed by atoms with van der Waals surface area (Å²) in [6.45, 7) is 7.50. The highest BCUT2D eigenvalue weighted by atomic mass is 35.5. The fraction of sp³-hybridized carbons (Fsp3) is 0.750. The fourth-order valence-corrected chi connectivity index (χ4v) is 3.44. The van der Waals surface area contributed by atoms with Gasteiger partial charge in [-0.1, -0.05) is 0 Å². The number of halogens is 1. The first-order valence-electron chi connectivity index (χ1n) is 6.46. The van der Waals surface area contributed by atoms with Gasteiger partial charge in [0, 0.05) is 25.2 Å². The van der Waals surface area contributed by atoms with Crippen molar-refractivity contribution in [1.29, 1.82) is 0 Å². The molecule has 0 spiro atoms. The van der Waals surface area contributed by atoms with Crippen molar-refractivity contribution in [3.63, 3.8) is 0 Å². The maximum absolute atomic E-state index is 5.94. The Morgan fingerprint density at radius 1 is 1.32 bits per heavy atom. The van der Waals surface area contributed by atoms with E-state index in [0.717, 1.165) is 19.6 Å². The molecule has 3 heterocycles. The molecule has 0 aliphatic carbocycles. The van der Waals surface area contributed by atoms with Gasteiger partial charge in [0.25, 0.3) is 0 Å². The molecule has 0 saturated carbocycles. The van der Waals surface area contributed by atoms with E-state index in [4.69, 9.17) is 16.3 Å². The quantitative estimate of drug-likeness (QED) is 0.873. The Balaban J connectivity index is 1.96. The number of aromatic nitrogens is 3. The van der Waals surface area contributed by atoms with Crippen molar-refractivity contribution in [3.8, 4) is 6.01 Å². The van der Waals surface area contributed by atoms with Crippen LogP contribution in [0.1, 0.15) is 13.8 Å². The molecule has 2 saturated heterocycles. The average Bonchev–Trinajstić information content (AvgIpc) is 2.91. The molecule has 2 unspecified atom stereocenters. The Hall–Kier alpha value is -1.14. The Kier molecular flexibility index (Phi) is 3.02. The molecular weight excluding hydrogens is 266 g/mol. The van der Waals surface area contributed by atoms with E-state index in [2.05, 4.69) is 39.0 Å². The highest BCUT2D eigenvalue weighted by Gasteiger charge is 2.50. The van der Waals surface area contributed by atoms with Crippen molar-refractivity contribution in [1.82, 2.24) is 20.3 Å². The molecular formula is C12H18ClN5O. The van der Waals surface area contributed by atoms with E-state index in [0.29, 0.717) is 17.8 Å². The van der Waals surface area contributed by atoms with Gasteiger partial charge in [0.05, 0.1) is 7.11 Å². The molecule has 104 valence electrons. The molecule has 7 heteroatoms. The number of hydrogen-bond acceptors (Lipinski definition) is 6. The number of fused-ring (bicyclic) bond motifs is 1. The molecule has 2 atom stereocenters. The Bertz CT molecular complexity index is 495. The monoisotopic (exact) mass is 283 g/mol. The first-order valence-corrected chi connectivity index (χ1v) is 6.84. The van der Waals surface area contributed by atoms with Crippen LogP contribution in [0.5, 0.6) is 6.01 Å². The Morgan fingerprint density at radius 3 is 2.79 bits per heavy atom. The topological polar surface area (TPSA) is 63.2 Å². The lowest BCUT2D eigenvalue weighted by Crippen LogP contribution is -2.45. The van der Waals surface area contributed by atoms with Crippen LogP contribution in [0.4, 0.5) is 5.95 Å². The molecule has 6 nitrogen and oxygen atoms in total. The van der Waals surface area contributed by atoms with Gasteiger partial charge in [-0.2, -0.15) is 15.0 Å². The molecule has 0 aromatic carbocycles. The van der Waals surface area contributed by atoms with Gasteiger partial charge in [0.15, 0.2) is 0 Å². The molecule has 19 heavy (non-hydrogen) atoms. The smallest absolute Gasteiger partial charge is 0.322 e. The van der Waals surface area contributed by atoms with Gasteiger partial charge < -0.3 is 15.0 Å². The minimum Gasteiger partial charge on any atom is -0.467 e. The van der Waals surface area contributed by atoms with E-state index < -0.39 is 0 Å². The van der Waals surface area contributed by atoms with Crippen molar-refractivity contribution in [2.24, 2.45) is 11.8 Å². The van der Waals surface area contributed by atoms with Crippen LogP contribution < -0.4 is 15.0 Å². The Labute approximate surface area is 117 Å². The van der Waals surface area contributed by atoms with Gasteiger partial charge in [-0.25, -0.2) is 0 Å². The van der Waals surface area contributed by atoms with Crippen LogP contribution in [0.15, 0.2) is 0 Å². The SMILES string of the molecule is COc1nc(Cl)nc(N2CC3CNCC3C2(C)C)n1. The van der Waals surface area contributed by atoms with Crippen LogP contribution >= 0.6 is 11.6 Å². The van der Waals surface area contributed by atoms with Crippen LogP contribution in [0.3, 0.4) is 0 Å². The minimum atomic E-state index is 0.00383. The number of anilines is 1. The lowest BCUT2D eigenvalue weighted by molar-refractivity contribution is 0.351. The zero-order valence-corrected chi connectivity index (χ0v) is 12.1. The third-order valence-electron chi connectivity index (χ3n) is 4.36. The summed E-state index contributed by atoms with van der Waals surface area (Å²) in [5.41, 5.74) is 0.00383. The summed E-state index contributed by atoms with van der Waals surface area (Å²) in [5.74, 6) is 1.85. The van der Waals surface area contributed by atoms with Crippen LogP contribution in [0.25, 0.3) is 0 Å². The van der Waals surface area contributed by atoms with Gasteiger partial charge in [0.1, 0.15) is 0 Å². The maximum Gasteiger partial charge on any atom is 0.322 e. The van der Waals surface area contributed by atoms with Crippen molar-refractivity contribution in [2.45, 2.75) is 19.4 Å². The van der Waals surface area contributed by atoms with E-state index in [-0.39, 0.29) is 16.8 Å². The first-order chi connectivity index (χ1) is 9.02. The van der Waals surface area contributed by atoms with E-state index in [1.54, 1.807) is 0 Å². The molecule has 0 radical (unpaired) electrons. The lowest BCUT2D eigenvalue weighted by Gasteiger charge is -2.35. The number of methoxy groups -OCH3 is 1. The summed E-state index contributed by atoms with van der Waals surface area (Å²) in [5, 5.41) is 3.63. The zero-order chi connectivity index (χ0) is 13.6. The molecule has 3 rings (SSSR count). The largest absolute Gasteiger partial charge is 0.467 e. The number of rotatable bonds is 2. The molecule has 1 aromatic rings. The van der Waals surface area contributed by atoms with E-state index >= 15 is 0 Å². The van der Waals surface area contributed by atoms with Crippen molar-refractivity contribution < 1.29 is 4.74 Å². The summed E-state index contributed by atoms with van der Waals surface area (Å²) < 4.78 is 5.07. The van der Waals surface area contributed by atoms with E-state index in [1.807, 2.05) is 0 Å². The highest BCUT2D eigenvalue weighted by Crippen LogP contribution is 2.42. The number of nitrogens with zero attached hydrogens (tertiary/aromatic N) is 4. The normalized spacial score (nSPS) is 28.5.